The van der Waals surface area contributed by atoms with Crippen molar-refractivity contribution in [3.05, 3.63) is 27.3 Å². The number of esters is 1. The maximum atomic E-state index is 11.6. The molecule has 3 nitrogen and oxygen atoms in total. The highest BCUT2D eigenvalue weighted by Crippen LogP contribution is 2.28. The monoisotopic (exact) mass is 287 g/mol. The van der Waals surface area contributed by atoms with E-state index in [1.807, 2.05) is 23.6 Å². The van der Waals surface area contributed by atoms with Crippen molar-refractivity contribution >= 4 is 38.1 Å². The molecule has 15 heavy (non-hydrogen) atoms. The number of fused-ring (bicyclic) bond motifs is 1. The van der Waals surface area contributed by atoms with Crippen LogP contribution in [0.2, 0.25) is 0 Å². The van der Waals surface area contributed by atoms with E-state index >= 15 is 0 Å². The first kappa shape index (κ1) is 10.7. The summed E-state index contributed by atoms with van der Waals surface area (Å²) in [6.07, 6.45) is 1.99. The zero-order valence-electron chi connectivity index (χ0n) is 8.41. The van der Waals surface area contributed by atoms with Crippen LogP contribution in [0.15, 0.2) is 16.9 Å². The molecule has 80 valence electrons. The summed E-state index contributed by atoms with van der Waals surface area (Å²) < 4.78 is 7.68. The third-order valence-corrected chi connectivity index (χ3v) is 3.77. The van der Waals surface area contributed by atoms with E-state index in [4.69, 9.17) is 4.74 Å². The van der Waals surface area contributed by atoms with Crippen LogP contribution in [0.1, 0.15) is 22.2 Å². The Bertz CT molecular complexity index is 515. The molecule has 0 N–H and O–H groups in total. The van der Waals surface area contributed by atoms with Crippen LogP contribution < -0.4 is 0 Å². The van der Waals surface area contributed by atoms with E-state index in [0.29, 0.717) is 12.2 Å². The van der Waals surface area contributed by atoms with Gasteiger partial charge >= 0.3 is 5.97 Å². The highest BCUT2D eigenvalue weighted by atomic mass is 79.9. The van der Waals surface area contributed by atoms with Crippen LogP contribution in [0.4, 0.5) is 0 Å². The van der Waals surface area contributed by atoms with Gasteiger partial charge in [0.05, 0.1) is 12.2 Å². The van der Waals surface area contributed by atoms with Gasteiger partial charge in [-0.1, -0.05) is 0 Å². The minimum Gasteiger partial charge on any atom is -0.462 e. The molecule has 2 aromatic rings. The second kappa shape index (κ2) is 3.98. The first-order valence-electron chi connectivity index (χ1n) is 4.57. The number of rotatable bonds is 2. The molecule has 2 aromatic heterocycles. The van der Waals surface area contributed by atoms with Crippen LogP contribution >= 0.6 is 27.3 Å². The summed E-state index contributed by atoms with van der Waals surface area (Å²) in [5, 5.41) is 0. The number of thiazole rings is 1. The molecule has 0 saturated heterocycles. The smallest absolute Gasteiger partial charge is 0.340 e. The molecule has 0 unspecified atom stereocenters. The average molecular weight is 288 g/mol. The molecular formula is C10H10BrNO2S. The predicted molar refractivity (Wildman–Crippen MR) is 63.7 cm³/mol. The van der Waals surface area contributed by atoms with Crippen molar-refractivity contribution < 1.29 is 9.53 Å². The number of carbonyl (C=O) groups is 1. The fourth-order valence-electron chi connectivity index (χ4n) is 1.40. The lowest BCUT2D eigenvalue weighted by Gasteiger charge is -1.99. The van der Waals surface area contributed by atoms with E-state index in [0.717, 1.165) is 9.43 Å². The number of ether oxygens (including phenoxy) is 1. The largest absolute Gasteiger partial charge is 0.462 e. The van der Waals surface area contributed by atoms with Crippen LogP contribution in [0.3, 0.4) is 0 Å². The van der Waals surface area contributed by atoms with Gasteiger partial charge in [-0.25, -0.2) is 4.79 Å². The Labute approximate surface area is 99.8 Å². The van der Waals surface area contributed by atoms with Gasteiger partial charge in [-0.3, -0.25) is 0 Å². The third kappa shape index (κ3) is 1.81. The average Bonchev–Trinajstić information content (AvgIpc) is 2.66. The molecule has 0 bridgehead atoms. The maximum Gasteiger partial charge on any atom is 0.340 e. The number of aryl methyl sites for hydroxylation is 1. The third-order valence-electron chi connectivity index (χ3n) is 2.01. The highest BCUT2D eigenvalue weighted by Gasteiger charge is 2.17. The molecule has 2 heterocycles. The number of nitrogens with zero attached hydrogens (tertiary/aromatic N) is 1. The van der Waals surface area contributed by atoms with E-state index in [1.54, 1.807) is 18.3 Å². The first-order chi connectivity index (χ1) is 7.13. The molecule has 0 aliphatic carbocycles. The fourth-order valence-corrected chi connectivity index (χ4v) is 3.00. The molecule has 0 radical (unpaired) electrons. The topological polar surface area (TPSA) is 30.7 Å². The number of halogens is 1. The summed E-state index contributed by atoms with van der Waals surface area (Å²) in [6, 6.07) is 1.85. The van der Waals surface area contributed by atoms with Gasteiger partial charge in [0.2, 0.25) is 0 Å². The van der Waals surface area contributed by atoms with Crippen LogP contribution in [-0.4, -0.2) is 17.0 Å². The van der Waals surface area contributed by atoms with Gasteiger partial charge in [0.25, 0.3) is 0 Å². The number of carbonyl (C=O) groups excluding carboxylic acids is 1. The zero-order valence-corrected chi connectivity index (χ0v) is 10.8. The summed E-state index contributed by atoms with van der Waals surface area (Å²) in [5.74, 6) is -0.280. The van der Waals surface area contributed by atoms with Crippen molar-refractivity contribution in [2.45, 2.75) is 13.8 Å². The Hall–Kier alpha value is -0.810. The summed E-state index contributed by atoms with van der Waals surface area (Å²) in [4.78, 5) is 13.8. The molecule has 0 fully saturated rings. The van der Waals surface area contributed by atoms with Crippen molar-refractivity contribution in [2.75, 3.05) is 6.61 Å². The van der Waals surface area contributed by atoms with E-state index < -0.39 is 0 Å². The maximum absolute atomic E-state index is 11.6. The van der Waals surface area contributed by atoms with E-state index in [9.17, 15) is 4.79 Å². The Balaban J connectivity index is 2.49. The van der Waals surface area contributed by atoms with Crippen molar-refractivity contribution in [3.63, 3.8) is 0 Å². The number of aromatic nitrogens is 1. The number of hydrogen-bond acceptors (Lipinski definition) is 3. The predicted octanol–water partition coefficient (Wildman–Crippen LogP) is 3.25. The molecule has 5 heteroatoms. The van der Waals surface area contributed by atoms with Gasteiger partial charge in [0.1, 0.15) is 9.43 Å². The lowest BCUT2D eigenvalue weighted by atomic mass is 10.3. The summed E-state index contributed by atoms with van der Waals surface area (Å²) in [5.41, 5.74) is 0.586. The van der Waals surface area contributed by atoms with Crippen molar-refractivity contribution in [2.24, 2.45) is 0 Å². The second-order valence-corrected chi connectivity index (χ2v) is 5.14. The van der Waals surface area contributed by atoms with Crippen molar-refractivity contribution in [1.82, 2.24) is 4.40 Å². The molecule has 2 rings (SSSR count). The molecule has 0 amide bonds. The Morgan fingerprint density at radius 2 is 2.40 bits per heavy atom. The lowest BCUT2D eigenvalue weighted by Crippen LogP contribution is -2.04. The SMILES string of the molecule is CCOC(=O)c1cc2sc(C)cn2c1Br. The van der Waals surface area contributed by atoms with E-state index in [2.05, 4.69) is 15.9 Å². The normalized spacial score (nSPS) is 10.9. The van der Waals surface area contributed by atoms with Crippen LogP contribution in [0.5, 0.6) is 0 Å². The summed E-state index contributed by atoms with van der Waals surface area (Å²) >= 11 is 5.05. The Kier molecular flexibility index (Phi) is 2.84. The van der Waals surface area contributed by atoms with Gasteiger partial charge in [-0.15, -0.1) is 11.3 Å². The van der Waals surface area contributed by atoms with Gasteiger partial charge < -0.3 is 9.14 Å². The van der Waals surface area contributed by atoms with Gasteiger partial charge in [-0.2, -0.15) is 0 Å². The lowest BCUT2D eigenvalue weighted by molar-refractivity contribution is 0.0525. The van der Waals surface area contributed by atoms with Gasteiger partial charge in [0, 0.05) is 11.1 Å². The van der Waals surface area contributed by atoms with Crippen LogP contribution in [0.25, 0.3) is 4.83 Å². The molecular weight excluding hydrogens is 278 g/mol. The highest BCUT2D eigenvalue weighted by molar-refractivity contribution is 9.10. The van der Waals surface area contributed by atoms with Crippen LogP contribution in [0, 0.1) is 6.92 Å². The van der Waals surface area contributed by atoms with Gasteiger partial charge in [0.15, 0.2) is 0 Å². The van der Waals surface area contributed by atoms with Crippen molar-refractivity contribution in [3.8, 4) is 0 Å². The molecule has 0 atom stereocenters. The van der Waals surface area contributed by atoms with E-state index in [1.165, 1.54) is 4.88 Å². The molecule has 0 spiro atoms. The quantitative estimate of drug-likeness (QED) is 0.794. The first-order valence-corrected chi connectivity index (χ1v) is 6.18. The molecule has 0 aliphatic heterocycles. The Morgan fingerprint density at radius 3 is 3.00 bits per heavy atom. The zero-order chi connectivity index (χ0) is 11.0. The standard InChI is InChI=1S/C10H10BrNO2S/c1-3-14-10(13)7-4-8-12(9(7)11)5-6(2)15-8/h4-5H,3H2,1-2H3. The molecule has 0 aromatic carbocycles. The summed E-state index contributed by atoms with van der Waals surface area (Å²) in [7, 11) is 0. The van der Waals surface area contributed by atoms with Crippen molar-refractivity contribution in [1.29, 1.82) is 0 Å². The summed E-state index contributed by atoms with van der Waals surface area (Å²) in [6.45, 7) is 4.23. The van der Waals surface area contributed by atoms with Gasteiger partial charge in [-0.05, 0) is 35.8 Å². The van der Waals surface area contributed by atoms with E-state index in [-0.39, 0.29) is 5.97 Å². The Morgan fingerprint density at radius 1 is 1.67 bits per heavy atom. The second-order valence-electron chi connectivity index (χ2n) is 3.12. The van der Waals surface area contributed by atoms with Crippen LogP contribution in [-0.2, 0) is 4.74 Å². The number of hydrogen-bond donors (Lipinski definition) is 0. The molecule has 0 aliphatic rings. The minimum absolute atomic E-state index is 0.280. The fraction of sp³-hybridized carbons (Fsp3) is 0.300. The minimum atomic E-state index is -0.280. The molecule has 0 saturated carbocycles.